The van der Waals surface area contributed by atoms with Crippen molar-refractivity contribution in [3.05, 3.63) is 6.33 Å². The summed E-state index contributed by atoms with van der Waals surface area (Å²) in [7, 11) is 1.60. The van der Waals surface area contributed by atoms with Gasteiger partial charge in [0.05, 0.1) is 13.7 Å². The van der Waals surface area contributed by atoms with Gasteiger partial charge in [-0.15, -0.1) is 0 Å². The van der Waals surface area contributed by atoms with Crippen LogP contribution < -0.4 is 14.8 Å². The van der Waals surface area contributed by atoms with Crippen molar-refractivity contribution in [3.8, 4) is 11.6 Å². The number of hydrogen-bond donors (Lipinski definition) is 1. The molecule has 1 rings (SSSR count). The molecule has 0 aliphatic carbocycles. The Morgan fingerprint density at radius 3 is 2.58 bits per heavy atom. The molecular weight excluding hydrogens is 242 g/mol. The second-order valence-electron chi connectivity index (χ2n) is 5.65. The summed E-state index contributed by atoms with van der Waals surface area (Å²) in [4.78, 5) is 8.32. The van der Waals surface area contributed by atoms with Gasteiger partial charge in [0.1, 0.15) is 6.33 Å². The Morgan fingerprint density at radius 1 is 1.26 bits per heavy atom. The molecule has 0 amide bonds. The van der Waals surface area contributed by atoms with Crippen LogP contribution in [0, 0.1) is 5.41 Å². The van der Waals surface area contributed by atoms with E-state index in [2.05, 4.69) is 43.0 Å². The van der Waals surface area contributed by atoms with Crippen molar-refractivity contribution >= 4 is 5.82 Å². The molecule has 0 bridgehead atoms. The molecule has 0 fully saturated rings. The summed E-state index contributed by atoms with van der Waals surface area (Å²) in [5, 5.41) is 3.20. The topological polar surface area (TPSA) is 56.3 Å². The molecule has 1 heterocycles. The summed E-state index contributed by atoms with van der Waals surface area (Å²) in [6.07, 6.45) is 3.47. The quantitative estimate of drug-likeness (QED) is 0.822. The highest BCUT2D eigenvalue weighted by Gasteiger charge is 2.15. The minimum Gasteiger partial charge on any atom is -0.489 e. The zero-order chi connectivity index (χ0) is 14.3. The highest BCUT2D eigenvalue weighted by molar-refractivity contribution is 5.54. The van der Waals surface area contributed by atoms with Crippen LogP contribution >= 0.6 is 0 Å². The number of methoxy groups -OCH3 is 1. The summed E-state index contributed by atoms with van der Waals surface area (Å²) in [5.41, 5.74) is 0.240. The molecule has 5 nitrogen and oxygen atoms in total. The second kappa shape index (κ2) is 7.16. The number of nitrogens with zero attached hydrogens (tertiary/aromatic N) is 2. The van der Waals surface area contributed by atoms with Crippen molar-refractivity contribution < 1.29 is 9.47 Å². The van der Waals surface area contributed by atoms with Crippen LogP contribution in [0.3, 0.4) is 0 Å². The van der Waals surface area contributed by atoms with Crippen molar-refractivity contribution in [2.75, 3.05) is 25.6 Å². The molecule has 0 aliphatic rings. The van der Waals surface area contributed by atoms with Crippen molar-refractivity contribution in [2.24, 2.45) is 5.41 Å². The van der Waals surface area contributed by atoms with Gasteiger partial charge in [-0.1, -0.05) is 27.7 Å². The fourth-order valence-corrected chi connectivity index (χ4v) is 1.47. The van der Waals surface area contributed by atoms with Gasteiger partial charge in [0.15, 0.2) is 5.82 Å². The van der Waals surface area contributed by atoms with Crippen LogP contribution in [-0.2, 0) is 0 Å². The third kappa shape index (κ3) is 5.32. The molecule has 0 unspecified atom stereocenters. The van der Waals surface area contributed by atoms with E-state index in [1.807, 2.05) is 0 Å². The third-order valence-corrected chi connectivity index (χ3v) is 2.61. The second-order valence-corrected chi connectivity index (χ2v) is 5.65. The van der Waals surface area contributed by atoms with Crippen molar-refractivity contribution in [2.45, 2.75) is 40.5 Å². The predicted octanol–water partition coefficient (Wildman–Crippen LogP) is 3.12. The normalized spacial score (nSPS) is 11.2. The van der Waals surface area contributed by atoms with Crippen LogP contribution in [-0.4, -0.2) is 30.2 Å². The lowest BCUT2D eigenvalue weighted by molar-refractivity contribution is 0.227. The molecule has 108 valence electrons. The maximum atomic E-state index is 5.71. The molecule has 5 heteroatoms. The number of rotatable bonds is 7. The molecule has 1 aromatic rings. The van der Waals surface area contributed by atoms with E-state index >= 15 is 0 Å². The summed E-state index contributed by atoms with van der Waals surface area (Å²) >= 11 is 0. The number of hydrogen-bond acceptors (Lipinski definition) is 5. The molecule has 0 radical (unpaired) electrons. The minimum absolute atomic E-state index is 0.240. The molecule has 0 saturated carbocycles. The van der Waals surface area contributed by atoms with E-state index < -0.39 is 0 Å². The van der Waals surface area contributed by atoms with Gasteiger partial charge >= 0.3 is 0 Å². The van der Waals surface area contributed by atoms with Crippen LogP contribution in [0.2, 0.25) is 0 Å². The summed E-state index contributed by atoms with van der Waals surface area (Å²) in [5.74, 6) is 1.76. The molecule has 0 aliphatic heterocycles. The van der Waals surface area contributed by atoms with E-state index in [1.165, 1.54) is 6.33 Å². The van der Waals surface area contributed by atoms with Gasteiger partial charge < -0.3 is 14.8 Å². The van der Waals surface area contributed by atoms with E-state index in [-0.39, 0.29) is 5.41 Å². The lowest BCUT2D eigenvalue weighted by Gasteiger charge is -2.18. The molecule has 0 spiro atoms. The molecule has 0 saturated heterocycles. The first-order chi connectivity index (χ1) is 8.98. The average Bonchev–Trinajstić information content (AvgIpc) is 2.34. The molecule has 0 atom stereocenters. The van der Waals surface area contributed by atoms with Crippen molar-refractivity contribution in [1.29, 1.82) is 0 Å². The molecular formula is C14H25N3O2. The van der Waals surface area contributed by atoms with Gasteiger partial charge in [0.25, 0.3) is 5.88 Å². The fourth-order valence-electron chi connectivity index (χ4n) is 1.47. The van der Waals surface area contributed by atoms with Crippen LogP contribution in [0.25, 0.3) is 0 Å². The van der Waals surface area contributed by atoms with Gasteiger partial charge in [-0.3, -0.25) is 0 Å². The van der Waals surface area contributed by atoms with Crippen LogP contribution in [0.4, 0.5) is 5.82 Å². The van der Waals surface area contributed by atoms with Crippen molar-refractivity contribution in [3.63, 3.8) is 0 Å². The molecule has 19 heavy (non-hydrogen) atoms. The van der Waals surface area contributed by atoms with E-state index in [0.29, 0.717) is 24.1 Å². The van der Waals surface area contributed by atoms with Crippen LogP contribution in [0.15, 0.2) is 6.33 Å². The Bertz CT molecular complexity index is 389. The summed E-state index contributed by atoms with van der Waals surface area (Å²) < 4.78 is 11.1. The lowest BCUT2D eigenvalue weighted by Crippen LogP contribution is -2.13. The highest BCUT2D eigenvalue weighted by Crippen LogP contribution is 2.31. The fraction of sp³-hybridized carbons (Fsp3) is 0.714. The predicted molar refractivity (Wildman–Crippen MR) is 76.9 cm³/mol. The monoisotopic (exact) mass is 267 g/mol. The van der Waals surface area contributed by atoms with E-state index in [0.717, 1.165) is 19.4 Å². The van der Waals surface area contributed by atoms with Gasteiger partial charge in [-0.2, -0.15) is 4.98 Å². The zero-order valence-corrected chi connectivity index (χ0v) is 12.6. The summed E-state index contributed by atoms with van der Waals surface area (Å²) in [6.45, 7) is 10.1. The van der Waals surface area contributed by atoms with Crippen molar-refractivity contribution in [1.82, 2.24) is 9.97 Å². The SMILES string of the molecule is CCCNc1ncnc(OCCC(C)(C)C)c1OC. The zero-order valence-electron chi connectivity index (χ0n) is 12.6. The van der Waals surface area contributed by atoms with E-state index in [9.17, 15) is 0 Å². The molecule has 1 N–H and O–H groups in total. The maximum Gasteiger partial charge on any atom is 0.262 e. The summed E-state index contributed by atoms with van der Waals surface area (Å²) in [6, 6.07) is 0. The lowest BCUT2D eigenvalue weighted by atomic mass is 9.93. The number of nitrogens with one attached hydrogen (secondary N) is 1. The van der Waals surface area contributed by atoms with Gasteiger partial charge in [0, 0.05) is 6.54 Å². The molecule has 0 aromatic carbocycles. The van der Waals surface area contributed by atoms with Crippen LogP contribution in [0.1, 0.15) is 40.5 Å². The van der Waals surface area contributed by atoms with Gasteiger partial charge in [-0.05, 0) is 18.3 Å². The smallest absolute Gasteiger partial charge is 0.262 e. The maximum absolute atomic E-state index is 5.71. The first kappa shape index (κ1) is 15.5. The Kier molecular flexibility index (Phi) is 5.86. The molecule has 1 aromatic heterocycles. The van der Waals surface area contributed by atoms with Crippen LogP contribution in [0.5, 0.6) is 11.6 Å². The van der Waals surface area contributed by atoms with Gasteiger partial charge in [-0.25, -0.2) is 4.98 Å². The highest BCUT2D eigenvalue weighted by atomic mass is 16.5. The number of aromatic nitrogens is 2. The Hall–Kier alpha value is -1.52. The first-order valence-electron chi connectivity index (χ1n) is 6.73. The van der Waals surface area contributed by atoms with E-state index in [1.54, 1.807) is 7.11 Å². The number of ether oxygens (including phenoxy) is 2. The van der Waals surface area contributed by atoms with Gasteiger partial charge in [0.2, 0.25) is 5.75 Å². The largest absolute Gasteiger partial charge is 0.489 e. The van der Waals surface area contributed by atoms with E-state index in [4.69, 9.17) is 9.47 Å². The Labute approximate surface area is 115 Å². The Balaban J connectivity index is 2.71. The first-order valence-corrected chi connectivity index (χ1v) is 6.73. The minimum atomic E-state index is 0.240. The number of anilines is 1. The Morgan fingerprint density at radius 2 is 2.00 bits per heavy atom. The third-order valence-electron chi connectivity index (χ3n) is 2.61. The standard InChI is InChI=1S/C14H25N3O2/c1-6-8-15-12-11(18-5)13(17-10-16-12)19-9-7-14(2,3)4/h10H,6-9H2,1-5H3,(H,15,16,17). The average molecular weight is 267 g/mol.